The molecule has 1 heterocycles. The Kier molecular flexibility index (Phi) is 5.05. The van der Waals surface area contributed by atoms with Crippen LogP contribution in [0.3, 0.4) is 0 Å². The molecule has 1 fully saturated rings. The average Bonchev–Trinajstić information content (AvgIpc) is 2.52. The zero-order valence-electron chi connectivity index (χ0n) is 14.4. The van der Waals surface area contributed by atoms with E-state index >= 15 is 0 Å². The van der Waals surface area contributed by atoms with Crippen LogP contribution in [-0.2, 0) is 11.2 Å². The lowest BCUT2D eigenvalue weighted by Crippen LogP contribution is -2.50. The van der Waals surface area contributed by atoms with E-state index in [0.717, 1.165) is 25.1 Å². The number of hydrogen-bond acceptors (Lipinski definition) is 3. The molecule has 4 heteroatoms. The number of aliphatic carboxylic acids is 1. The van der Waals surface area contributed by atoms with Crippen LogP contribution in [0.2, 0.25) is 0 Å². The Morgan fingerprint density at radius 2 is 2.17 bits per heavy atom. The molecule has 2 aliphatic rings. The minimum atomic E-state index is -0.670. The Labute approximate surface area is 143 Å². The van der Waals surface area contributed by atoms with Gasteiger partial charge in [-0.05, 0) is 55.5 Å². The molecule has 4 nitrogen and oxygen atoms in total. The number of likely N-dealkylation sites (tertiary alicyclic amines) is 1. The van der Waals surface area contributed by atoms with Crippen molar-refractivity contribution in [2.24, 2.45) is 5.92 Å². The Morgan fingerprint density at radius 3 is 2.88 bits per heavy atom. The summed E-state index contributed by atoms with van der Waals surface area (Å²) in [5, 5.41) is 8.99. The van der Waals surface area contributed by atoms with Gasteiger partial charge in [-0.15, -0.1) is 0 Å². The van der Waals surface area contributed by atoms with Crippen molar-refractivity contribution in [1.29, 1.82) is 0 Å². The Morgan fingerprint density at radius 1 is 1.38 bits per heavy atom. The zero-order chi connectivity index (χ0) is 17.1. The summed E-state index contributed by atoms with van der Waals surface area (Å²) in [6.45, 7) is 7.03. The van der Waals surface area contributed by atoms with E-state index in [1.807, 2.05) is 25.1 Å². The molecule has 1 aliphatic heterocycles. The lowest BCUT2D eigenvalue weighted by atomic mass is 9.85. The summed E-state index contributed by atoms with van der Waals surface area (Å²) in [5.74, 6) is 0.0743. The Hall–Kier alpha value is -2.07. The summed E-state index contributed by atoms with van der Waals surface area (Å²) >= 11 is 0. The number of allylic oxidation sites excluding steroid dienone is 2. The van der Waals surface area contributed by atoms with E-state index in [4.69, 9.17) is 9.84 Å². The van der Waals surface area contributed by atoms with Crippen LogP contribution < -0.4 is 4.74 Å². The molecule has 1 saturated heterocycles. The molecule has 0 radical (unpaired) electrons. The predicted octanol–water partition coefficient (Wildman–Crippen LogP) is 3.38. The molecule has 0 bridgehead atoms. The number of carbonyl (C=O) groups is 1. The van der Waals surface area contributed by atoms with Crippen LogP contribution in [0, 0.1) is 5.92 Å². The second kappa shape index (κ2) is 7.22. The SMILES string of the molecule is C/C=C/COc1ccc2c(c1)CCC(CN1CC(C(=O)O)C1)=C2C. The van der Waals surface area contributed by atoms with Gasteiger partial charge in [0, 0.05) is 19.6 Å². The predicted molar refractivity (Wildman–Crippen MR) is 95.2 cm³/mol. The molecule has 3 rings (SSSR count). The van der Waals surface area contributed by atoms with Crippen molar-refractivity contribution in [2.75, 3.05) is 26.2 Å². The highest BCUT2D eigenvalue weighted by atomic mass is 16.5. The molecule has 0 amide bonds. The number of fused-ring (bicyclic) bond motifs is 1. The van der Waals surface area contributed by atoms with Gasteiger partial charge in [0.05, 0.1) is 5.92 Å². The first kappa shape index (κ1) is 16.8. The van der Waals surface area contributed by atoms with Gasteiger partial charge in [-0.3, -0.25) is 9.69 Å². The maximum absolute atomic E-state index is 10.9. The van der Waals surface area contributed by atoms with Crippen molar-refractivity contribution in [3.63, 3.8) is 0 Å². The van der Waals surface area contributed by atoms with Crippen LogP contribution in [0.5, 0.6) is 5.75 Å². The first-order valence-electron chi connectivity index (χ1n) is 8.59. The normalized spacial score (nSPS) is 18.6. The van der Waals surface area contributed by atoms with E-state index in [1.54, 1.807) is 0 Å². The third-order valence-electron chi connectivity index (χ3n) is 5.01. The molecule has 0 unspecified atom stereocenters. The Bertz CT molecular complexity index is 684. The molecular formula is C20H25NO3. The van der Waals surface area contributed by atoms with Gasteiger partial charge in [0.2, 0.25) is 0 Å². The highest BCUT2D eigenvalue weighted by Crippen LogP contribution is 2.34. The molecular weight excluding hydrogens is 302 g/mol. The molecule has 24 heavy (non-hydrogen) atoms. The molecule has 1 aromatic carbocycles. The minimum Gasteiger partial charge on any atom is -0.490 e. The summed E-state index contributed by atoms with van der Waals surface area (Å²) in [6.07, 6.45) is 6.06. The molecule has 1 aromatic rings. The summed E-state index contributed by atoms with van der Waals surface area (Å²) in [5.41, 5.74) is 5.44. The van der Waals surface area contributed by atoms with E-state index in [-0.39, 0.29) is 5.92 Å². The van der Waals surface area contributed by atoms with Gasteiger partial charge < -0.3 is 9.84 Å². The van der Waals surface area contributed by atoms with Gasteiger partial charge >= 0.3 is 5.97 Å². The van der Waals surface area contributed by atoms with Crippen LogP contribution in [0.15, 0.2) is 35.9 Å². The number of nitrogens with zero attached hydrogens (tertiary/aromatic N) is 1. The third-order valence-corrected chi connectivity index (χ3v) is 5.01. The van der Waals surface area contributed by atoms with Crippen molar-refractivity contribution < 1.29 is 14.6 Å². The number of rotatable bonds is 6. The van der Waals surface area contributed by atoms with Crippen LogP contribution in [0.25, 0.3) is 5.57 Å². The van der Waals surface area contributed by atoms with Crippen molar-refractivity contribution >= 4 is 11.5 Å². The maximum Gasteiger partial charge on any atom is 0.309 e. The van der Waals surface area contributed by atoms with Crippen molar-refractivity contribution in [1.82, 2.24) is 4.90 Å². The summed E-state index contributed by atoms with van der Waals surface area (Å²) in [4.78, 5) is 13.2. The van der Waals surface area contributed by atoms with Gasteiger partial charge in [-0.25, -0.2) is 0 Å². The number of ether oxygens (including phenoxy) is 1. The lowest BCUT2D eigenvalue weighted by Gasteiger charge is -2.38. The topological polar surface area (TPSA) is 49.8 Å². The molecule has 128 valence electrons. The fraction of sp³-hybridized carbons (Fsp3) is 0.450. The molecule has 1 N–H and O–H groups in total. The number of aryl methyl sites for hydroxylation is 1. The van der Waals surface area contributed by atoms with E-state index in [2.05, 4.69) is 24.0 Å². The van der Waals surface area contributed by atoms with Crippen molar-refractivity contribution in [3.05, 3.63) is 47.1 Å². The molecule has 0 atom stereocenters. The van der Waals surface area contributed by atoms with Crippen molar-refractivity contribution in [3.8, 4) is 5.75 Å². The van der Waals surface area contributed by atoms with Crippen LogP contribution >= 0.6 is 0 Å². The van der Waals surface area contributed by atoms with Crippen LogP contribution in [0.4, 0.5) is 0 Å². The van der Waals surface area contributed by atoms with E-state index in [9.17, 15) is 4.79 Å². The van der Waals surface area contributed by atoms with Crippen molar-refractivity contribution in [2.45, 2.75) is 26.7 Å². The summed E-state index contributed by atoms with van der Waals surface area (Å²) < 4.78 is 5.73. The number of benzene rings is 1. The molecule has 0 aromatic heterocycles. The minimum absolute atomic E-state index is 0.182. The van der Waals surface area contributed by atoms with Gasteiger partial charge in [0.25, 0.3) is 0 Å². The Balaban J connectivity index is 1.67. The largest absolute Gasteiger partial charge is 0.490 e. The number of carboxylic acid groups (broad SMARTS) is 1. The average molecular weight is 327 g/mol. The van der Waals surface area contributed by atoms with E-state index in [1.165, 1.54) is 22.3 Å². The number of hydrogen-bond donors (Lipinski definition) is 1. The summed E-state index contributed by atoms with van der Waals surface area (Å²) in [6, 6.07) is 6.35. The first-order valence-corrected chi connectivity index (χ1v) is 8.59. The van der Waals surface area contributed by atoms with Gasteiger partial charge in [0.15, 0.2) is 0 Å². The first-order chi connectivity index (χ1) is 11.6. The van der Waals surface area contributed by atoms with Crippen LogP contribution in [-0.4, -0.2) is 42.2 Å². The third kappa shape index (κ3) is 3.54. The fourth-order valence-electron chi connectivity index (χ4n) is 3.46. The second-order valence-electron chi connectivity index (χ2n) is 6.66. The van der Waals surface area contributed by atoms with Gasteiger partial charge in [-0.2, -0.15) is 0 Å². The van der Waals surface area contributed by atoms with Crippen LogP contribution in [0.1, 0.15) is 31.4 Å². The smallest absolute Gasteiger partial charge is 0.309 e. The zero-order valence-corrected chi connectivity index (χ0v) is 14.4. The fourth-order valence-corrected chi connectivity index (χ4v) is 3.46. The lowest BCUT2D eigenvalue weighted by molar-refractivity contribution is -0.147. The molecule has 0 saturated carbocycles. The maximum atomic E-state index is 10.9. The second-order valence-corrected chi connectivity index (χ2v) is 6.66. The summed E-state index contributed by atoms with van der Waals surface area (Å²) in [7, 11) is 0. The number of carboxylic acids is 1. The van der Waals surface area contributed by atoms with Gasteiger partial charge in [0.1, 0.15) is 12.4 Å². The highest BCUT2D eigenvalue weighted by Gasteiger charge is 2.33. The van der Waals surface area contributed by atoms with Gasteiger partial charge in [-0.1, -0.05) is 23.8 Å². The monoisotopic (exact) mass is 327 g/mol. The van der Waals surface area contributed by atoms with E-state index in [0.29, 0.717) is 19.7 Å². The van der Waals surface area contributed by atoms with E-state index < -0.39 is 5.97 Å². The highest BCUT2D eigenvalue weighted by molar-refractivity contribution is 5.73. The molecule has 0 spiro atoms. The molecule has 1 aliphatic carbocycles. The quantitative estimate of drug-likeness (QED) is 0.814. The standard InChI is InChI=1S/C20H25NO3/c1-3-4-9-24-18-7-8-19-14(2)16(6-5-15(19)10-18)11-21-12-17(13-21)20(22)23/h3-4,7-8,10,17H,5-6,9,11-13H2,1-2H3,(H,22,23)/b4-3+.